The third-order valence-corrected chi connectivity index (χ3v) is 5.43. The quantitative estimate of drug-likeness (QED) is 0.731. The number of thiazole rings is 1. The van der Waals surface area contributed by atoms with E-state index in [-0.39, 0.29) is 11.9 Å². The summed E-state index contributed by atoms with van der Waals surface area (Å²) in [6.45, 7) is 5.69. The number of likely N-dealkylation sites (tertiary alicyclic amines) is 1. The van der Waals surface area contributed by atoms with Crippen molar-refractivity contribution >= 4 is 22.2 Å². The van der Waals surface area contributed by atoms with Crippen LogP contribution in [0, 0.1) is 13.8 Å². The Morgan fingerprint density at radius 2 is 2.29 bits per heavy atom. The normalized spacial score (nSPS) is 17.9. The van der Waals surface area contributed by atoms with E-state index in [1.807, 2.05) is 38.7 Å². The summed E-state index contributed by atoms with van der Waals surface area (Å²) in [5, 5.41) is 6.54. The van der Waals surface area contributed by atoms with Gasteiger partial charge in [0.05, 0.1) is 30.4 Å². The van der Waals surface area contributed by atoms with E-state index >= 15 is 0 Å². The van der Waals surface area contributed by atoms with Crippen LogP contribution in [0.15, 0.2) is 23.8 Å². The largest absolute Gasteiger partial charge is 0.338 e. The molecule has 0 unspecified atom stereocenters. The lowest BCUT2D eigenvalue weighted by Crippen LogP contribution is -2.39. The fourth-order valence-corrected chi connectivity index (χ4v) is 4.25. The zero-order valence-corrected chi connectivity index (χ0v) is 14.8. The van der Waals surface area contributed by atoms with Crippen LogP contribution in [0.1, 0.15) is 29.9 Å². The summed E-state index contributed by atoms with van der Waals surface area (Å²) in [4.78, 5) is 20.2. The van der Waals surface area contributed by atoms with Crippen LogP contribution in [0.5, 0.6) is 0 Å². The number of hydrogen-bond donors (Lipinski definition) is 0. The Hall–Kier alpha value is -2.15. The van der Waals surface area contributed by atoms with Gasteiger partial charge in [0.2, 0.25) is 5.91 Å². The predicted octanol–water partition coefficient (Wildman–Crippen LogP) is 2.44. The second kappa shape index (κ2) is 6.05. The standard InChI is InChI=1S/C17H21N5OS/c1-12-8-13(2)22(19-12)11-15-4-3-5-21(15)16(23)9-14-10-20-6-7-24-17(20)18-14/h6-8,10,15H,3-5,9,11H2,1-2H3/t15-/m1/s1. The molecule has 126 valence electrons. The molecule has 0 radical (unpaired) electrons. The van der Waals surface area contributed by atoms with Crippen LogP contribution in [-0.2, 0) is 17.8 Å². The molecule has 0 aromatic carbocycles. The van der Waals surface area contributed by atoms with Gasteiger partial charge in [0, 0.05) is 30.0 Å². The number of carbonyl (C=O) groups excluding carboxylic acids is 1. The van der Waals surface area contributed by atoms with E-state index in [1.54, 1.807) is 11.3 Å². The minimum absolute atomic E-state index is 0.171. The highest BCUT2D eigenvalue weighted by molar-refractivity contribution is 7.15. The number of imidazole rings is 1. The average molecular weight is 343 g/mol. The molecule has 4 rings (SSSR count). The molecule has 0 spiro atoms. The third kappa shape index (κ3) is 2.84. The molecule has 7 heteroatoms. The van der Waals surface area contributed by atoms with Crippen LogP contribution in [0.3, 0.4) is 0 Å². The van der Waals surface area contributed by atoms with Crippen molar-refractivity contribution in [3.8, 4) is 0 Å². The number of nitrogens with zero attached hydrogens (tertiary/aromatic N) is 5. The summed E-state index contributed by atoms with van der Waals surface area (Å²) >= 11 is 1.59. The van der Waals surface area contributed by atoms with Crippen molar-refractivity contribution in [2.45, 2.75) is 45.7 Å². The van der Waals surface area contributed by atoms with Gasteiger partial charge in [-0.2, -0.15) is 5.10 Å². The van der Waals surface area contributed by atoms with Crippen LogP contribution in [-0.4, -0.2) is 42.6 Å². The van der Waals surface area contributed by atoms with E-state index < -0.39 is 0 Å². The minimum Gasteiger partial charge on any atom is -0.338 e. The molecule has 0 bridgehead atoms. The number of aromatic nitrogens is 4. The Kier molecular flexibility index (Phi) is 3.88. The van der Waals surface area contributed by atoms with E-state index in [4.69, 9.17) is 0 Å². The van der Waals surface area contributed by atoms with Gasteiger partial charge >= 0.3 is 0 Å². The van der Waals surface area contributed by atoms with Crippen molar-refractivity contribution in [3.05, 3.63) is 40.9 Å². The maximum Gasteiger partial charge on any atom is 0.228 e. The second-order valence-corrected chi connectivity index (χ2v) is 7.37. The molecule has 24 heavy (non-hydrogen) atoms. The molecule has 0 saturated carbocycles. The lowest BCUT2D eigenvalue weighted by atomic mass is 10.2. The Balaban J connectivity index is 1.46. The molecular formula is C17H21N5OS. The smallest absolute Gasteiger partial charge is 0.228 e. The summed E-state index contributed by atoms with van der Waals surface area (Å²) in [5.74, 6) is 0.171. The van der Waals surface area contributed by atoms with Crippen molar-refractivity contribution in [2.24, 2.45) is 0 Å². The van der Waals surface area contributed by atoms with E-state index in [0.29, 0.717) is 6.42 Å². The van der Waals surface area contributed by atoms with Crippen LogP contribution in [0.4, 0.5) is 0 Å². The highest BCUT2D eigenvalue weighted by Gasteiger charge is 2.29. The molecule has 3 aromatic rings. The molecule has 1 atom stereocenters. The maximum absolute atomic E-state index is 12.8. The van der Waals surface area contributed by atoms with Gasteiger partial charge in [-0.1, -0.05) is 0 Å². The number of carbonyl (C=O) groups is 1. The lowest BCUT2D eigenvalue weighted by molar-refractivity contribution is -0.131. The fraction of sp³-hybridized carbons (Fsp3) is 0.471. The summed E-state index contributed by atoms with van der Waals surface area (Å²) in [6.07, 6.45) is 6.41. The first-order valence-electron chi connectivity index (χ1n) is 8.32. The third-order valence-electron chi connectivity index (χ3n) is 4.66. The summed E-state index contributed by atoms with van der Waals surface area (Å²) < 4.78 is 4.00. The molecule has 6 nitrogen and oxygen atoms in total. The number of amides is 1. The zero-order valence-electron chi connectivity index (χ0n) is 14.0. The van der Waals surface area contributed by atoms with Crippen LogP contribution >= 0.6 is 11.3 Å². The molecule has 3 aromatic heterocycles. The van der Waals surface area contributed by atoms with Crippen LogP contribution in [0.2, 0.25) is 0 Å². The van der Waals surface area contributed by atoms with Crippen molar-refractivity contribution in [3.63, 3.8) is 0 Å². The number of hydrogen-bond acceptors (Lipinski definition) is 4. The summed E-state index contributed by atoms with van der Waals surface area (Å²) in [6, 6.07) is 2.32. The first-order chi connectivity index (χ1) is 11.6. The highest BCUT2D eigenvalue weighted by atomic mass is 32.1. The zero-order chi connectivity index (χ0) is 16.7. The summed E-state index contributed by atoms with van der Waals surface area (Å²) in [5.41, 5.74) is 3.03. The maximum atomic E-state index is 12.8. The van der Waals surface area contributed by atoms with Crippen LogP contribution in [0.25, 0.3) is 4.96 Å². The van der Waals surface area contributed by atoms with Gasteiger partial charge in [-0.25, -0.2) is 4.98 Å². The van der Waals surface area contributed by atoms with E-state index in [9.17, 15) is 4.79 Å². The number of aryl methyl sites for hydroxylation is 2. The first kappa shape index (κ1) is 15.4. The number of rotatable bonds is 4. The van der Waals surface area contributed by atoms with Gasteiger partial charge in [0.1, 0.15) is 0 Å². The van der Waals surface area contributed by atoms with Gasteiger partial charge in [0.15, 0.2) is 4.96 Å². The SMILES string of the molecule is Cc1cc(C)n(C[C@H]2CCCN2C(=O)Cc2cn3ccsc3n2)n1. The molecule has 4 heterocycles. The lowest BCUT2D eigenvalue weighted by Gasteiger charge is -2.25. The van der Waals surface area contributed by atoms with Crippen molar-refractivity contribution in [1.82, 2.24) is 24.1 Å². The Labute approximate surface area is 144 Å². The summed E-state index contributed by atoms with van der Waals surface area (Å²) in [7, 11) is 0. The van der Waals surface area contributed by atoms with E-state index in [2.05, 4.69) is 23.1 Å². The molecule has 1 fully saturated rings. The molecule has 1 aliphatic heterocycles. The van der Waals surface area contributed by atoms with Crippen molar-refractivity contribution in [1.29, 1.82) is 0 Å². The van der Waals surface area contributed by atoms with Crippen molar-refractivity contribution < 1.29 is 4.79 Å². The number of fused-ring (bicyclic) bond motifs is 1. The topological polar surface area (TPSA) is 55.4 Å². The first-order valence-corrected chi connectivity index (χ1v) is 9.20. The van der Waals surface area contributed by atoms with Crippen LogP contribution < -0.4 is 0 Å². The Bertz CT molecular complexity index is 848. The molecule has 0 N–H and O–H groups in total. The van der Waals surface area contributed by atoms with Gasteiger partial charge < -0.3 is 4.90 Å². The molecule has 1 saturated heterocycles. The Morgan fingerprint density at radius 1 is 1.42 bits per heavy atom. The molecular weight excluding hydrogens is 322 g/mol. The van der Waals surface area contributed by atoms with Gasteiger partial charge in [0.25, 0.3) is 0 Å². The predicted molar refractivity (Wildman–Crippen MR) is 93.2 cm³/mol. The van der Waals surface area contributed by atoms with Gasteiger partial charge in [-0.05, 0) is 32.8 Å². The van der Waals surface area contributed by atoms with Gasteiger partial charge in [-0.15, -0.1) is 11.3 Å². The average Bonchev–Trinajstić information content (AvgIpc) is 3.25. The Morgan fingerprint density at radius 3 is 3.04 bits per heavy atom. The molecule has 0 aliphatic carbocycles. The second-order valence-electron chi connectivity index (χ2n) is 6.49. The molecule has 1 aliphatic rings. The van der Waals surface area contributed by atoms with E-state index in [1.165, 1.54) is 0 Å². The monoisotopic (exact) mass is 343 g/mol. The molecule has 1 amide bonds. The van der Waals surface area contributed by atoms with Crippen molar-refractivity contribution in [2.75, 3.05) is 6.54 Å². The highest BCUT2D eigenvalue weighted by Crippen LogP contribution is 2.21. The van der Waals surface area contributed by atoms with Gasteiger partial charge in [-0.3, -0.25) is 13.9 Å². The minimum atomic E-state index is 0.171. The van der Waals surface area contributed by atoms with E-state index in [0.717, 1.165) is 48.0 Å². The fourth-order valence-electron chi connectivity index (χ4n) is 3.53.